The number of rotatable bonds is 7. The van der Waals surface area contributed by atoms with Gasteiger partial charge in [0.1, 0.15) is 0 Å². The standard InChI is InChI=1S/C11H23NO3/c1-10(8-15-7-6-13-2)12-11-4-3-5-14-9-11/h10-12H,3-9H2,1-2H3. The summed E-state index contributed by atoms with van der Waals surface area (Å²) in [6.45, 7) is 5.96. The van der Waals surface area contributed by atoms with Gasteiger partial charge in [-0.2, -0.15) is 0 Å². The molecule has 2 unspecified atom stereocenters. The largest absolute Gasteiger partial charge is 0.382 e. The monoisotopic (exact) mass is 217 g/mol. The molecule has 1 rings (SSSR count). The summed E-state index contributed by atoms with van der Waals surface area (Å²) in [4.78, 5) is 0. The van der Waals surface area contributed by atoms with Crippen molar-refractivity contribution in [1.82, 2.24) is 5.32 Å². The topological polar surface area (TPSA) is 39.7 Å². The number of ether oxygens (including phenoxy) is 3. The average Bonchev–Trinajstić information content (AvgIpc) is 2.26. The van der Waals surface area contributed by atoms with Crippen LogP contribution in [0.1, 0.15) is 19.8 Å². The molecule has 0 spiro atoms. The predicted octanol–water partition coefficient (Wildman–Crippen LogP) is 0.806. The minimum Gasteiger partial charge on any atom is -0.382 e. The van der Waals surface area contributed by atoms with Gasteiger partial charge in [0.25, 0.3) is 0 Å². The molecule has 0 bridgehead atoms. The molecule has 0 saturated carbocycles. The van der Waals surface area contributed by atoms with Crippen LogP contribution in [0.25, 0.3) is 0 Å². The van der Waals surface area contributed by atoms with Gasteiger partial charge in [0, 0.05) is 25.8 Å². The zero-order valence-corrected chi connectivity index (χ0v) is 9.83. The van der Waals surface area contributed by atoms with Gasteiger partial charge in [-0.3, -0.25) is 0 Å². The van der Waals surface area contributed by atoms with Gasteiger partial charge in [0.05, 0.1) is 26.4 Å². The molecule has 0 aliphatic carbocycles. The molecule has 1 fully saturated rings. The fraction of sp³-hybridized carbons (Fsp3) is 1.00. The van der Waals surface area contributed by atoms with E-state index in [2.05, 4.69) is 12.2 Å². The smallest absolute Gasteiger partial charge is 0.0701 e. The van der Waals surface area contributed by atoms with Gasteiger partial charge < -0.3 is 19.5 Å². The van der Waals surface area contributed by atoms with E-state index >= 15 is 0 Å². The molecular formula is C11H23NO3. The zero-order valence-electron chi connectivity index (χ0n) is 9.83. The van der Waals surface area contributed by atoms with Crippen LogP contribution in [-0.4, -0.2) is 52.2 Å². The molecule has 1 heterocycles. The highest BCUT2D eigenvalue weighted by molar-refractivity contribution is 4.73. The van der Waals surface area contributed by atoms with E-state index in [1.807, 2.05) is 0 Å². The van der Waals surface area contributed by atoms with E-state index in [1.54, 1.807) is 7.11 Å². The van der Waals surface area contributed by atoms with Gasteiger partial charge in [0.2, 0.25) is 0 Å². The minimum atomic E-state index is 0.383. The molecule has 0 amide bonds. The molecule has 4 heteroatoms. The molecule has 1 aliphatic heterocycles. The Morgan fingerprint density at radius 3 is 3.00 bits per heavy atom. The second-order valence-corrected chi connectivity index (χ2v) is 4.05. The van der Waals surface area contributed by atoms with Gasteiger partial charge in [0.15, 0.2) is 0 Å². The third kappa shape index (κ3) is 6.10. The molecule has 0 aromatic rings. The van der Waals surface area contributed by atoms with Crippen molar-refractivity contribution in [3.8, 4) is 0 Å². The Hall–Kier alpha value is -0.160. The molecule has 1 N–H and O–H groups in total. The highest BCUT2D eigenvalue weighted by atomic mass is 16.5. The number of hydrogen-bond acceptors (Lipinski definition) is 4. The van der Waals surface area contributed by atoms with Crippen LogP contribution in [0, 0.1) is 0 Å². The Labute approximate surface area is 92.3 Å². The van der Waals surface area contributed by atoms with E-state index in [0.717, 1.165) is 26.2 Å². The van der Waals surface area contributed by atoms with Crippen LogP contribution < -0.4 is 5.32 Å². The molecule has 15 heavy (non-hydrogen) atoms. The summed E-state index contributed by atoms with van der Waals surface area (Å²) >= 11 is 0. The van der Waals surface area contributed by atoms with Crippen LogP contribution in [0.2, 0.25) is 0 Å². The molecule has 1 saturated heterocycles. The van der Waals surface area contributed by atoms with Crippen molar-refractivity contribution in [2.75, 3.05) is 40.1 Å². The first-order chi connectivity index (χ1) is 7.33. The van der Waals surface area contributed by atoms with Crippen LogP contribution >= 0.6 is 0 Å². The van der Waals surface area contributed by atoms with Gasteiger partial charge >= 0.3 is 0 Å². The van der Waals surface area contributed by atoms with Crippen LogP contribution in [0.5, 0.6) is 0 Å². The Morgan fingerprint density at radius 2 is 2.33 bits per heavy atom. The maximum atomic E-state index is 5.45. The van der Waals surface area contributed by atoms with E-state index in [1.165, 1.54) is 6.42 Å². The molecule has 4 nitrogen and oxygen atoms in total. The Kier molecular flexibility index (Phi) is 6.92. The molecule has 2 atom stereocenters. The van der Waals surface area contributed by atoms with Crippen LogP contribution in [-0.2, 0) is 14.2 Å². The Bertz CT molecular complexity index is 149. The Morgan fingerprint density at radius 1 is 1.47 bits per heavy atom. The summed E-state index contributed by atoms with van der Waals surface area (Å²) in [6.07, 6.45) is 2.37. The summed E-state index contributed by atoms with van der Waals surface area (Å²) in [5.41, 5.74) is 0. The fourth-order valence-corrected chi connectivity index (χ4v) is 1.73. The molecule has 0 radical (unpaired) electrons. The van der Waals surface area contributed by atoms with Crippen molar-refractivity contribution in [2.24, 2.45) is 0 Å². The van der Waals surface area contributed by atoms with Crippen molar-refractivity contribution in [3.05, 3.63) is 0 Å². The van der Waals surface area contributed by atoms with Crippen molar-refractivity contribution in [1.29, 1.82) is 0 Å². The van der Waals surface area contributed by atoms with Crippen LogP contribution in [0.15, 0.2) is 0 Å². The van der Waals surface area contributed by atoms with Crippen molar-refractivity contribution in [3.63, 3.8) is 0 Å². The van der Waals surface area contributed by atoms with Gasteiger partial charge in [-0.1, -0.05) is 0 Å². The van der Waals surface area contributed by atoms with Crippen molar-refractivity contribution in [2.45, 2.75) is 31.8 Å². The predicted molar refractivity (Wildman–Crippen MR) is 59.1 cm³/mol. The van der Waals surface area contributed by atoms with Crippen molar-refractivity contribution >= 4 is 0 Å². The lowest BCUT2D eigenvalue weighted by atomic mass is 10.1. The molecule has 90 valence electrons. The summed E-state index contributed by atoms with van der Waals surface area (Å²) in [6, 6.07) is 0.883. The highest BCUT2D eigenvalue weighted by Gasteiger charge is 2.15. The molecule has 0 aromatic heterocycles. The lowest BCUT2D eigenvalue weighted by Gasteiger charge is -2.26. The molecule has 1 aliphatic rings. The number of hydrogen-bond donors (Lipinski definition) is 1. The second-order valence-electron chi connectivity index (χ2n) is 4.05. The van der Waals surface area contributed by atoms with Gasteiger partial charge in [-0.25, -0.2) is 0 Å². The van der Waals surface area contributed by atoms with E-state index in [-0.39, 0.29) is 0 Å². The average molecular weight is 217 g/mol. The third-order valence-electron chi connectivity index (χ3n) is 2.48. The van der Waals surface area contributed by atoms with Crippen LogP contribution in [0.4, 0.5) is 0 Å². The quantitative estimate of drug-likeness (QED) is 0.641. The molecule has 0 aromatic carbocycles. The first kappa shape index (κ1) is 12.9. The van der Waals surface area contributed by atoms with Gasteiger partial charge in [-0.05, 0) is 19.8 Å². The van der Waals surface area contributed by atoms with E-state index in [9.17, 15) is 0 Å². The van der Waals surface area contributed by atoms with Crippen LogP contribution in [0.3, 0.4) is 0 Å². The van der Waals surface area contributed by atoms with Gasteiger partial charge in [-0.15, -0.1) is 0 Å². The second kappa shape index (κ2) is 8.05. The molecular weight excluding hydrogens is 194 g/mol. The van der Waals surface area contributed by atoms with E-state index in [4.69, 9.17) is 14.2 Å². The first-order valence-corrected chi connectivity index (χ1v) is 5.73. The summed E-state index contributed by atoms with van der Waals surface area (Å²) in [5, 5.41) is 3.50. The lowest BCUT2D eigenvalue weighted by molar-refractivity contribution is 0.0422. The summed E-state index contributed by atoms with van der Waals surface area (Å²) < 4.78 is 15.8. The zero-order chi connectivity index (χ0) is 10.9. The number of nitrogens with one attached hydrogen (secondary N) is 1. The SMILES string of the molecule is COCCOCC(C)NC1CCCOC1. The summed E-state index contributed by atoms with van der Waals surface area (Å²) in [5.74, 6) is 0. The summed E-state index contributed by atoms with van der Waals surface area (Å²) in [7, 11) is 1.68. The Balaban J connectivity index is 1.98. The maximum Gasteiger partial charge on any atom is 0.0701 e. The lowest BCUT2D eigenvalue weighted by Crippen LogP contribution is -2.43. The number of methoxy groups -OCH3 is 1. The first-order valence-electron chi connectivity index (χ1n) is 5.73. The normalized spacial score (nSPS) is 24.0. The van der Waals surface area contributed by atoms with E-state index in [0.29, 0.717) is 25.3 Å². The van der Waals surface area contributed by atoms with Crippen molar-refractivity contribution < 1.29 is 14.2 Å². The highest BCUT2D eigenvalue weighted by Crippen LogP contribution is 2.06. The maximum absolute atomic E-state index is 5.45. The van der Waals surface area contributed by atoms with E-state index < -0.39 is 0 Å². The minimum absolute atomic E-state index is 0.383. The fourth-order valence-electron chi connectivity index (χ4n) is 1.73. The third-order valence-corrected chi connectivity index (χ3v) is 2.48.